The zero-order chi connectivity index (χ0) is 18.9. The van der Waals surface area contributed by atoms with E-state index in [1.165, 1.54) is 12.1 Å². The molecule has 1 heterocycles. The summed E-state index contributed by atoms with van der Waals surface area (Å²) in [5.74, 6) is 1.23. The summed E-state index contributed by atoms with van der Waals surface area (Å²) < 4.78 is 43.6. The van der Waals surface area contributed by atoms with Crippen LogP contribution in [0.5, 0.6) is 0 Å². The van der Waals surface area contributed by atoms with Gasteiger partial charge in [-0.1, -0.05) is 26.0 Å². The van der Waals surface area contributed by atoms with Crippen molar-refractivity contribution in [3.8, 4) is 0 Å². The van der Waals surface area contributed by atoms with E-state index in [1.807, 2.05) is 0 Å². The van der Waals surface area contributed by atoms with Gasteiger partial charge in [0, 0.05) is 37.6 Å². The number of halogens is 4. The summed E-state index contributed by atoms with van der Waals surface area (Å²) in [4.78, 5) is 4.27. The number of nitrogens with one attached hydrogen (secondary N) is 2. The molecule has 0 spiro atoms. The average molecular weight is 497 g/mol. The van der Waals surface area contributed by atoms with E-state index in [4.69, 9.17) is 4.74 Å². The van der Waals surface area contributed by atoms with Crippen molar-refractivity contribution in [3.05, 3.63) is 35.4 Å². The summed E-state index contributed by atoms with van der Waals surface area (Å²) in [6.07, 6.45) is -2.29. The highest BCUT2D eigenvalue weighted by Gasteiger charge is 2.59. The first-order chi connectivity index (χ1) is 12.2. The lowest BCUT2D eigenvalue weighted by molar-refractivity contribution is -0.137. The highest BCUT2D eigenvalue weighted by Crippen LogP contribution is 2.52. The molecule has 8 heteroatoms. The molecule has 0 radical (unpaired) electrons. The molecule has 2 N–H and O–H groups in total. The third-order valence-electron chi connectivity index (χ3n) is 5.60. The number of benzene rings is 1. The molecule has 1 aromatic carbocycles. The first-order valence-corrected chi connectivity index (χ1v) is 8.98. The van der Waals surface area contributed by atoms with Crippen LogP contribution in [-0.4, -0.2) is 38.3 Å². The lowest BCUT2D eigenvalue weighted by atomic mass is 9.57. The number of fused-ring (bicyclic) bond motifs is 1. The number of aliphatic imine (C=N–C) groups is 1. The zero-order valence-corrected chi connectivity index (χ0v) is 18.1. The SMILES string of the molecule is CN=C(NCCc1ccc(C(F)(F)F)cc1)NC1C2CCOC2C1(C)C.I. The van der Waals surface area contributed by atoms with Crippen molar-refractivity contribution in [1.29, 1.82) is 0 Å². The number of guanidine groups is 1. The Morgan fingerprint density at radius 2 is 1.93 bits per heavy atom. The minimum atomic E-state index is -4.29. The molecule has 4 nitrogen and oxygen atoms in total. The molecule has 1 aliphatic heterocycles. The fourth-order valence-electron chi connectivity index (χ4n) is 4.14. The smallest absolute Gasteiger partial charge is 0.377 e. The Hall–Kier alpha value is -1.03. The first-order valence-electron chi connectivity index (χ1n) is 8.98. The van der Waals surface area contributed by atoms with Crippen molar-refractivity contribution in [2.75, 3.05) is 20.2 Å². The number of hydrogen-bond donors (Lipinski definition) is 2. The van der Waals surface area contributed by atoms with E-state index in [1.54, 1.807) is 7.05 Å². The highest BCUT2D eigenvalue weighted by molar-refractivity contribution is 14.0. The fraction of sp³-hybridized carbons (Fsp3) is 0.632. The van der Waals surface area contributed by atoms with Crippen LogP contribution in [0, 0.1) is 11.3 Å². The van der Waals surface area contributed by atoms with E-state index in [2.05, 4.69) is 29.5 Å². The summed E-state index contributed by atoms with van der Waals surface area (Å²) in [5.41, 5.74) is 0.299. The highest BCUT2D eigenvalue weighted by atomic mass is 127. The minimum Gasteiger partial charge on any atom is -0.377 e. The van der Waals surface area contributed by atoms with Gasteiger partial charge in [-0.05, 0) is 30.5 Å². The quantitative estimate of drug-likeness (QED) is 0.378. The predicted molar refractivity (Wildman–Crippen MR) is 110 cm³/mol. The molecule has 152 valence electrons. The van der Waals surface area contributed by atoms with E-state index >= 15 is 0 Å². The maximum atomic E-state index is 12.6. The van der Waals surface area contributed by atoms with Gasteiger partial charge in [0.25, 0.3) is 0 Å². The monoisotopic (exact) mass is 497 g/mol. The van der Waals surface area contributed by atoms with E-state index in [0.717, 1.165) is 36.7 Å². The largest absolute Gasteiger partial charge is 0.416 e. The second kappa shape index (κ2) is 8.55. The Labute approximate surface area is 175 Å². The third-order valence-corrected chi connectivity index (χ3v) is 5.60. The molecular weight excluding hydrogens is 470 g/mol. The molecule has 0 bridgehead atoms. The molecule has 2 fully saturated rings. The van der Waals surface area contributed by atoms with E-state index in [9.17, 15) is 13.2 Å². The molecule has 0 aromatic heterocycles. The number of ether oxygens (including phenoxy) is 1. The second-order valence-electron chi connectivity index (χ2n) is 7.63. The Morgan fingerprint density at radius 3 is 2.52 bits per heavy atom. The molecule has 2 aliphatic rings. The lowest BCUT2D eigenvalue weighted by Crippen LogP contribution is -2.68. The molecule has 3 atom stereocenters. The summed E-state index contributed by atoms with van der Waals surface area (Å²) in [6.45, 7) is 5.82. The predicted octanol–water partition coefficient (Wildman–Crippen LogP) is 3.84. The van der Waals surface area contributed by atoms with Crippen LogP contribution in [0.4, 0.5) is 13.2 Å². The minimum absolute atomic E-state index is 0. The molecule has 0 amide bonds. The molecular formula is C19H27F3IN3O. The lowest BCUT2D eigenvalue weighted by Gasteiger charge is -2.54. The maximum Gasteiger partial charge on any atom is 0.416 e. The zero-order valence-electron chi connectivity index (χ0n) is 15.8. The molecule has 1 saturated heterocycles. The molecule has 1 saturated carbocycles. The standard InChI is InChI=1S/C19H26F3N3O.HI/c1-18(2)15(14-9-11-26-16(14)18)25-17(23-3)24-10-8-12-4-6-13(7-5-12)19(20,21)22;/h4-7,14-16H,8-11H2,1-3H3,(H2,23,24,25);1H. The van der Waals surface area contributed by atoms with Gasteiger partial charge in [0.2, 0.25) is 0 Å². The van der Waals surface area contributed by atoms with Gasteiger partial charge in [-0.3, -0.25) is 4.99 Å². The van der Waals surface area contributed by atoms with Crippen LogP contribution in [0.2, 0.25) is 0 Å². The van der Waals surface area contributed by atoms with E-state index in [0.29, 0.717) is 31.0 Å². The van der Waals surface area contributed by atoms with Crippen LogP contribution in [0.15, 0.2) is 29.3 Å². The number of hydrogen-bond acceptors (Lipinski definition) is 2. The molecule has 27 heavy (non-hydrogen) atoms. The summed E-state index contributed by atoms with van der Waals surface area (Å²) in [7, 11) is 1.72. The van der Waals surface area contributed by atoms with Gasteiger partial charge in [0.1, 0.15) is 0 Å². The Morgan fingerprint density at radius 1 is 1.26 bits per heavy atom. The molecule has 3 unspecified atom stereocenters. The molecule has 1 aromatic rings. The van der Waals surface area contributed by atoms with Crippen molar-refractivity contribution in [2.24, 2.45) is 16.3 Å². The van der Waals surface area contributed by atoms with E-state index < -0.39 is 11.7 Å². The van der Waals surface area contributed by atoms with Gasteiger partial charge in [-0.15, -0.1) is 24.0 Å². The summed E-state index contributed by atoms with van der Waals surface area (Å²) in [5, 5.41) is 6.75. The summed E-state index contributed by atoms with van der Waals surface area (Å²) in [6, 6.07) is 5.61. The van der Waals surface area contributed by atoms with Gasteiger partial charge in [-0.2, -0.15) is 13.2 Å². The average Bonchev–Trinajstić information content (AvgIpc) is 3.04. The second-order valence-corrected chi connectivity index (χ2v) is 7.63. The van der Waals surface area contributed by atoms with Crippen LogP contribution in [-0.2, 0) is 17.3 Å². The normalized spacial score (nSPS) is 26.6. The van der Waals surface area contributed by atoms with Gasteiger partial charge in [-0.25, -0.2) is 0 Å². The Bertz CT molecular complexity index is 661. The number of alkyl halides is 3. The van der Waals surface area contributed by atoms with E-state index in [-0.39, 0.29) is 29.4 Å². The van der Waals surface area contributed by atoms with Crippen LogP contribution < -0.4 is 10.6 Å². The molecule has 3 rings (SSSR count). The first kappa shape index (κ1) is 22.3. The van der Waals surface area contributed by atoms with Crippen molar-refractivity contribution in [1.82, 2.24) is 10.6 Å². The van der Waals surface area contributed by atoms with Gasteiger partial charge in [0.05, 0.1) is 11.7 Å². The molecule has 1 aliphatic carbocycles. The van der Waals surface area contributed by atoms with Crippen LogP contribution >= 0.6 is 24.0 Å². The van der Waals surface area contributed by atoms with Crippen molar-refractivity contribution < 1.29 is 17.9 Å². The van der Waals surface area contributed by atoms with Crippen molar-refractivity contribution in [3.63, 3.8) is 0 Å². The Balaban J connectivity index is 0.00000261. The fourth-order valence-corrected chi connectivity index (χ4v) is 4.14. The van der Waals surface area contributed by atoms with Gasteiger partial charge in [0.15, 0.2) is 5.96 Å². The van der Waals surface area contributed by atoms with Gasteiger partial charge < -0.3 is 15.4 Å². The third kappa shape index (κ3) is 4.70. The topological polar surface area (TPSA) is 45.7 Å². The van der Waals surface area contributed by atoms with Crippen LogP contribution in [0.25, 0.3) is 0 Å². The summed E-state index contributed by atoms with van der Waals surface area (Å²) >= 11 is 0. The van der Waals surface area contributed by atoms with Crippen LogP contribution in [0.1, 0.15) is 31.4 Å². The Kier molecular flexibility index (Phi) is 7.05. The number of rotatable bonds is 4. The number of nitrogens with zero attached hydrogens (tertiary/aromatic N) is 1. The van der Waals surface area contributed by atoms with Gasteiger partial charge >= 0.3 is 6.18 Å². The maximum absolute atomic E-state index is 12.6. The van der Waals surface area contributed by atoms with Crippen LogP contribution in [0.3, 0.4) is 0 Å². The van der Waals surface area contributed by atoms with Crippen molar-refractivity contribution >= 4 is 29.9 Å². The van der Waals surface area contributed by atoms with Crippen molar-refractivity contribution in [2.45, 2.75) is 45.0 Å².